The summed E-state index contributed by atoms with van der Waals surface area (Å²) >= 11 is 2.83. The molecule has 3 aromatic heterocycles. The number of hydrogen-bond acceptors (Lipinski definition) is 7. The number of aromatic nitrogens is 3. The SMILES string of the molecule is Cc1nc(C(C)O)sc1-c1csc(Cc2ccc(OC(F)(F)F)cn2)n1. The van der Waals surface area contributed by atoms with E-state index in [0.29, 0.717) is 17.1 Å². The zero-order valence-electron chi connectivity index (χ0n) is 13.7. The summed E-state index contributed by atoms with van der Waals surface area (Å²) in [6.07, 6.45) is -3.92. The molecule has 1 unspecified atom stereocenters. The van der Waals surface area contributed by atoms with Gasteiger partial charge in [-0.25, -0.2) is 9.97 Å². The Morgan fingerprint density at radius 3 is 2.62 bits per heavy atom. The van der Waals surface area contributed by atoms with Crippen LogP contribution in [0, 0.1) is 6.92 Å². The van der Waals surface area contributed by atoms with Crippen LogP contribution in [0.25, 0.3) is 10.6 Å². The number of aliphatic hydroxyl groups excluding tert-OH is 1. The molecular weight excluding hydrogens is 387 g/mol. The molecule has 0 saturated carbocycles. The van der Waals surface area contributed by atoms with Crippen molar-refractivity contribution >= 4 is 22.7 Å². The van der Waals surface area contributed by atoms with Gasteiger partial charge >= 0.3 is 6.36 Å². The Morgan fingerprint density at radius 2 is 2.04 bits per heavy atom. The van der Waals surface area contributed by atoms with E-state index in [1.54, 1.807) is 6.92 Å². The van der Waals surface area contributed by atoms with Crippen molar-refractivity contribution in [3.8, 4) is 16.3 Å². The maximum atomic E-state index is 12.2. The molecule has 26 heavy (non-hydrogen) atoms. The molecule has 1 atom stereocenters. The van der Waals surface area contributed by atoms with E-state index in [1.165, 1.54) is 34.8 Å². The minimum absolute atomic E-state index is 0.355. The Balaban J connectivity index is 1.73. The number of alkyl halides is 3. The van der Waals surface area contributed by atoms with Crippen LogP contribution in [0.5, 0.6) is 5.75 Å². The summed E-state index contributed by atoms with van der Waals surface area (Å²) < 4.78 is 40.3. The molecule has 1 N–H and O–H groups in total. The average Bonchev–Trinajstić information content (AvgIpc) is 3.14. The van der Waals surface area contributed by atoms with E-state index in [2.05, 4.69) is 19.7 Å². The highest BCUT2D eigenvalue weighted by atomic mass is 32.1. The van der Waals surface area contributed by atoms with E-state index in [1.807, 2.05) is 12.3 Å². The Morgan fingerprint density at radius 1 is 1.27 bits per heavy atom. The Bertz CT molecular complexity index is 889. The van der Waals surface area contributed by atoms with Crippen molar-refractivity contribution < 1.29 is 23.0 Å². The van der Waals surface area contributed by atoms with E-state index in [-0.39, 0.29) is 5.75 Å². The van der Waals surface area contributed by atoms with Crippen LogP contribution in [-0.4, -0.2) is 26.4 Å². The topological polar surface area (TPSA) is 68.1 Å². The summed E-state index contributed by atoms with van der Waals surface area (Å²) in [4.78, 5) is 13.8. The first kappa shape index (κ1) is 18.7. The molecule has 3 rings (SSSR count). The first-order chi connectivity index (χ1) is 12.2. The Kier molecular flexibility index (Phi) is 5.26. The molecule has 0 aliphatic heterocycles. The molecule has 138 valence electrons. The van der Waals surface area contributed by atoms with Crippen LogP contribution in [0.2, 0.25) is 0 Å². The number of hydrogen-bond donors (Lipinski definition) is 1. The second kappa shape index (κ2) is 7.29. The molecule has 5 nitrogen and oxygen atoms in total. The van der Waals surface area contributed by atoms with Gasteiger partial charge in [0, 0.05) is 17.5 Å². The van der Waals surface area contributed by atoms with Gasteiger partial charge in [0.1, 0.15) is 16.9 Å². The fraction of sp³-hybridized carbons (Fsp3) is 0.312. The highest BCUT2D eigenvalue weighted by molar-refractivity contribution is 7.16. The number of ether oxygens (including phenoxy) is 1. The monoisotopic (exact) mass is 401 g/mol. The molecule has 0 aromatic carbocycles. The summed E-state index contributed by atoms with van der Waals surface area (Å²) in [6.45, 7) is 3.52. The molecule has 3 heterocycles. The van der Waals surface area contributed by atoms with E-state index in [9.17, 15) is 18.3 Å². The third-order valence-electron chi connectivity index (χ3n) is 3.32. The maximum absolute atomic E-state index is 12.2. The molecule has 0 bridgehead atoms. The number of nitrogens with zero attached hydrogens (tertiary/aromatic N) is 3. The van der Waals surface area contributed by atoms with Crippen molar-refractivity contribution in [2.45, 2.75) is 32.7 Å². The fourth-order valence-electron chi connectivity index (χ4n) is 2.19. The van der Waals surface area contributed by atoms with Crippen LogP contribution >= 0.6 is 22.7 Å². The van der Waals surface area contributed by atoms with Gasteiger partial charge in [-0.2, -0.15) is 0 Å². The second-order valence-electron chi connectivity index (χ2n) is 5.48. The summed E-state index contributed by atoms with van der Waals surface area (Å²) in [5.74, 6) is -0.355. The number of aryl methyl sites for hydroxylation is 1. The zero-order valence-corrected chi connectivity index (χ0v) is 15.4. The van der Waals surface area contributed by atoms with Crippen molar-refractivity contribution in [1.29, 1.82) is 0 Å². The van der Waals surface area contributed by atoms with Gasteiger partial charge in [0.25, 0.3) is 0 Å². The lowest BCUT2D eigenvalue weighted by atomic mass is 10.2. The highest BCUT2D eigenvalue weighted by Crippen LogP contribution is 2.33. The molecule has 0 amide bonds. The quantitative estimate of drug-likeness (QED) is 0.681. The first-order valence-electron chi connectivity index (χ1n) is 7.52. The van der Waals surface area contributed by atoms with Crippen LogP contribution in [0.15, 0.2) is 23.7 Å². The predicted molar refractivity (Wildman–Crippen MR) is 92.3 cm³/mol. The normalized spacial score (nSPS) is 13.0. The van der Waals surface area contributed by atoms with Gasteiger partial charge in [0.15, 0.2) is 0 Å². The van der Waals surface area contributed by atoms with E-state index in [4.69, 9.17) is 0 Å². The van der Waals surface area contributed by atoms with Crippen molar-refractivity contribution in [1.82, 2.24) is 15.0 Å². The standard InChI is InChI=1S/C16H14F3N3O2S2/c1-8-14(26-15(21-8)9(2)23)12-7-25-13(22-12)5-10-3-4-11(6-20-10)24-16(17,18)19/h3-4,6-7,9,23H,5H2,1-2H3. The summed E-state index contributed by atoms with van der Waals surface area (Å²) in [7, 11) is 0. The lowest BCUT2D eigenvalue weighted by Gasteiger charge is -2.08. The lowest BCUT2D eigenvalue weighted by Crippen LogP contribution is -2.17. The van der Waals surface area contributed by atoms with E-state index in [0.717, 1.165) is 27.5 Å². The highest BCUT2D eigenvalue weighted by Gasteiger charge is 2.31. The molecule has 0 radical (unpaired) electrons. The van der Waals surface area contributed by atoms with Crippen molar-refractivity contribution in [2.75, 3.05) is 0 Å². The Hall–Kier alpha value is -2.04. The molecule has 0 fully saturated rings. The lowest BCUT2D eigenvalue weighted by molar-refractivity contribution is -0.274. The largest absolute Gasteiger partial charge is 0.573 e. The first-order valence-corrected chi connectivity index (χ1v) is 9.22. The van der Waals surface area contributed by atoms with Crippen molar-refractivity contribution in [3.05, 3.63) is 45.1 Å². The van der Waals surface area contributed by atoms with Crippen LogP contribution in [0.3, 0.4) is 0 Å². The molecule has 0 aliphatic rings. The molecule has 0 saturated heterocycles. The average molecular weight is 401 g/mol. The number of pyridine rings is 1. The number of halogens is 3. The van der Waals surface area contributed by atoms with Gasteiger partial charge in [-0.05, 0) is 26.0 Å². The third-order valence-corrected chi connectivity index (χ3v) is 5.52. The minimum atomic E-state index is -4.73. The smallest absolute Gasteiger partial charge is 0.404 e. The van der Waals surface area contributed by atoms with Gasteiger partial charge in [-0.15, -0.1) is 35.8 Å². The summed E-state index contributed by atoms with van der Waals surface area (Å²) in [6, 6.07) is 2.71. The number of thiazole rings is 2. The van der Waals surface area contributed by atoms with Crippen LogP contribution in [0.4, 0.5) is 13.2 Å². The fourth-order valence-corrected chi connectivity index (χ4v) is 4.03. The molecule has 10 heteroatoms. The Labute approximate surface area is 155 Å². The number of aliphatic hydroxyl groups is 1. The molecular formula is C16H14F3N3O2S2. The number of rotatable bonds is 5. The van der Waals surface area contributed by atoms with Crippen LogP contribution < -0.4 is 4.74 Å². The van der Waals surface area contributed by atoms with Crippen molar-refractivity contribution in [3.63, 3.8) is 0 Å². The minimum Gasteiger partial charge on any atom is -0.404 e. The van der Waals surface area contributed by atoms with E-state index >= 15 is 0 Å². The zero-order chi connectivity index (χ0) is 18.9. The van der Waals surface area contributed by atoms with Crippen LogP contribution in [0.1, 0.15) is 34.4 Å². The third kappa shape index (κ3) is 4.57. The summed E-state index contributed by atoms with van der Waals surface area (Å²) in [5.41, 5.74) is 2.16. The molecule has 0 aliphatic carbocycles. The maximum Gasteiger partial charge on any atom is 0.573 e. The van der Waals surface area contributed by atoms with Gasteiger partial charge in [0.05, 0.1) is 27.5 Å². The van der Waals surface area contributed by atoms with Crippen LogP contribution in [-0.2, 0) is 6.42 Å². The molecule has 3 aromatic rings. The van der Waals surface area contributed by atoms with Crippen molar-refractivity contribution in [2.24, 2.45) is 0 Å². The van der Waals surface area contributed by atoms with Gasteiger partial charge in [-0.3, -0.25) is 4.98 Å². The van der Waals surface area contributed by atoms with Gasteiger partial charge in [0.2, 0.25) is 0 Å². The van der Waals surface area contributed by atoms with E-state index < -0.39 is 12.5 Å². The summed E-state index contributed by atoms with van der Waals surface area (Å²) in [5, 5.41) is 12.9. The second-order valence-corrected chi connectivity index (χ2v) is 7.45. The van der Waals surface area contributed by atoms with Gasteiger partial charge in [-0.1, -0.05) is 0 Å². The van der Waals surface area contributed by atoms with Gasteiger partial charge < -0.3 is 9.84 Å². The predicted octanol–water partition coefficient (Wildman–Crippen LogP) is 4.51. The molecule has 0 spiro atoms.